The number of halogens is 4. The van der Waals surface area contributed by atoms with Gasteiger partial charge in [-0.2, -0.15) is 13.2 Å². The first-order valence-electron chi connectivity index (χ1n) is 9.55. The van der Waals surface area contributed by atoms with Crippen LogP contribution in [0.15, 0.2) is 30.6 Å². The second-order valence-electron chi connectivity index (χ2n) is 7.15. The maximum atomic E-state index is 12.8. The number of carbonyl (C=O) groups is 1. The molecule has 1 amide bonds. The van der Waals surface area contributed by atoms with Gasteiger partial charge in [0.05, 0.1) is 12.1 Å². The lowest BCUT2D eigenvalue weighted by molar-refractivity contribution is -0.137. The van der Waals surface area contributed by atoms with Crippen molar-refractivity contribution in [2.24, 2.45) is 0 Å². The minimum absolute atomic E-state index is 0.00178. The van der Waals surface area contributed by atoms with Crippen LogP contribution in [0.5, 0.6) is 0 Å². The number of nitrogens with zero attached hydrogens (tertiary/aromatic N) is 3. The normalized spacial score (nSPS) is 16.7. The summed E-state index contributed by atoms with van der Waals surface area (Å²) in [5.74, 6) is -0.433. The van der Waals surface area contributed by atoms with E-state index in [0.29, 0.717) is 25.9 Å². The van der Waals surface area contributed by atoms with Gasteiger partial charge in [-0.15, -0.1) is 0 Å². The van der Waals surface area contributed by atoms with Crippen LogP contribution in [0.1, 0.15) is 28.9 Å². The van der Waals surface area contributed by atoms with Crippen LogP contribution in [-0.2, 0) is 6.18 Å². The number of aliphatic hydroxyl groups is 1. The first kappa shape index (κ1) is 23.0. The molecule has 168 valence electrons. The Morgan fingerprint density at radius 2 is 2.03 bits per heavy atom. The van der Waals surface area contributed by atoms with Gasteiger partial charge in [0.2, 0.25) is 0 Å². The third kappa shape index (κ3) is 5.96. The van der Waals surface area contributed by atoms with E-state index in [0.717, 1.165) is 18.5 Å². The molecule has 1 aliphatic rings. The van der Waals surface area contributed by atoms with Crippen LogP contribution in [0.3, 0.4) is 0 Å². The van der Waals surface area contributed by atoms with Crippen molar-refractivity contribution in [3.05, 3.63) is 46.9 Å². The van der Waals surface area contributed by atoms with E-state index in [-0.39, 0.29) is 34.8 Å². The summed E-state index contributed by atoms with van der Waals surface area (Å²) in [6.07, 6.45) is -3.01. The summed E-state index contributed by atoms with van der Waals surface area (Å²) in [5, 5.41) is 16.0. The standard InChI is InChI=1S/C19H22ClF3N6O2/c20-15-16(26-10-27-17(15)24)18(31)28-12-4-6-29(7-5-12)14(30)9-25-13-3-1-2-11(8-13)19(21,22)23/h1-3,8,10,12,14,25,30H,4-7,9H2,(H,28,31)(H2,24,26,27). The van der Waals surface area contributed by atoms with Crippen LogP contribution in [0.4, 0.5) is 24.7 Å². The quantitative estimate of drug-likeness (QED) is 0.525. The zero-order valence-corrected chi connectivity index (χ0v) is 17.1. The predicted octanol–water partition coefficient (Wildman–Crippen LogP) is 2.36. The lowest BCUT2D eigenvalue weighted by atomic mass is 10.0. The molecule has 0 aliphatic carbocycles. The average molecular weight is 459 g/mol. The van der Waals surface area contributed by atoms with Crippen LogP contribution in [0, 0.1) is 0 Å². The zero-order chi connectivity index (χ0) is 22.6. The number of hydrogen-bond donors (Lipinski definition) is 4. The van der Waals surface area contributed by atoms with Gasteiger partial charge < -0.3 is 21.5 Å². The molecule has 5 N–H and O–H groups in total. The minimum atomic E-state index is -4.43. The van der Waals surface area contributed by atoms with E-state index in [2.05, 4.69) is 20.6 Å². The molecule has 3 rings (SSSR count). The number of nitrogens with two attached hydrogens (primary N) is 1. The fraction of sp³-hybridized carbons (Fsp3) is 0.421. The van der Waals surface area contributed by atoms with Crippen molar-refractivity contribution in [2.75, 3.05) is 30.7 Å². The van der Waals surface area contributed by atoms with Gasteiger partial charge in [0.1, 0.15) is 23.4 Å². The lowest BCUT2D eigenvalue weighted by Crippen LogP contribution is -2.49. The number of rotatable bonds is 6. The summed E-state index contributed by atoms with van der Waals surface area (Å²) in [4.78, 5) is 21.7. The second-order valence-corrected chi connectivity index (χ2v) is 7.52. The molecule has 2 aromatic rings. The predicted molar refractivity (Wildman–Crippen MR) is 109 cm³/mol. The number of piperidine rings is 1. The van der Waals surface area contributed by atoms with E-state index in [1.165, 1.54) is 12.1 Å². The molecule has 1 aromatic carbocycles. The lowest BCUT2D eigenvalue weighted by Gasteiger charge is -2.35. The number of carbonyl (C=O) groups excluding carboxylic acids is 1. The van der Waals surface area contributed by atoms with Crippen molar-refractivity contribution < 1.29 is 23.1 Å². The van der Waals surface area contributed by atoms with Crippen molar-refractivity contribution in [3.8, 4) is 0 Å². The van der Waals surface area contributed by atoms with Crippen molar-refractivity contribution in [1.29, 1.82) is 0 Å². The SMILES string of the molecule is Nc1ncnc(C(=O)NC2CCN(C(O)CNc3cccc(C(F)(F)F)c3)CC2)c1Cl. The Morgan fingerprint density at radius 1 is 1.32 bits per heavy atom. The van der Waals surface area contributed by atoms with E-state index < -0.39 is 23.9 Å². The Kier molecular flexibility index (Phi) is 7.19. The number of benzene rings is 1. The third-order valence-corrected chi connectivity index (χ3v) is 5.37. The Hall–Kier alpha value is -2.63. The van der Waals surface area contributed by atoms with E-state index >= 15 is 0 Å². The van der Waals surface area contributed by atoms with Crippen molar-refractivity contribution in [3.63, 3.8) is 0 Å². The number of amides is 1. The Morgan fingerprint density at radius 3 is 2.71 bits per heavy atom. The molecule has 1 aliphatic heterocycles. The number of anilines is 2. The Balaban J connectivity index is 1.47. The van der Waals surface area contributed by atoms with E-state index in [4.69, 9.17) is 17.3 Å². The van der Waals surface area contributed by atoms with Gasteiger partial charge >= 0.3 is 6.18 Å². The van der Waals surface area contributed by atoms with Crippen molar-refractivity contribution in [2.45, 2.75) is 31.3 Å². The average Bonchev–Trinajstić information content (AvgIpc) is 2.74. The summed E-state index contributed by atoms with van der Waals surface area (Å²) in [7, 11) is 0. The first-order valence-corrected chi connectivity index (χ1v) is 9.93. The van der Waals surface area contributed by atoms with Crippen molar-refractivity contribution in [1.82, 2.24) is 20.2 Å². The molecule has 8 nitrogen and oxygen atoms in total. The Bertz CT molecular complexity index is 922. The topological polar surface area (TPSA) is 116 Å². The molecule has 1 saturated heterocycles. The Labute approximate surface area is 181 Å². The van der Waals surface area contributed by atoms with Gasteiger partial charge in [0.25, 0.3) is 5.91 Å². The molecule has 2 heterocycles. The molecule has 1 atom stereocenters. The first-order chi connectivity index (χ1) is 14.6. The van der Waals surface area contributed by atoms with Gasteiger partial charge in [-0.3, -0.25) is 9.69 Å². The summed E-state index contributed by atoms with van der Waals surface area (Å²) in [5.41, 5.74) is 5.11. The molecule has 1 aromatic heterocycles. The molecule has 12 heteroatoms. The van der Waals surface area contributed by atoms with Gasteiger partial charge in [-0.1, -0.05) is 17.7 Å². The molecule has 0 radical (unpaired) electrons. The van der Waals surface area contributed by atoms with E-state index in [9.17, 15) is 23.1 Å². The molecular formula is C19H22ClF3N6O2. The highest BCUT2D eigenvalue weighted by atomic mass is 35.5. The highest BCUT2D eigenvalue weighted by molar-refractivity contribution is 6.35. The van der Waals surface area contributed by atoms with E-state index in [1.54, 1.807) is 4.90 Å². The fourth-order valence-corrected chi connectivity index (χ4v) is 3.46. The fourth-order valence-electron chi connectivity index (χ4n) is 3.28. The van der Waals surface area contributed by atoms with Gasteiger partial charge in [0.15, 0.2) is 5.69 Å². The number of alkyl halides is 3. The summed E-state index contributed by atoms with van der Waals surface area (Å²) in [6.45, 7) is 1.06. The molecule has 31 heavy (non-hydrogen) atoms. The molecule has 1 unspecified atom stereocenters. The van der Waals surface area contributed by atoms with Crippen LogP contribution in [-0.4, -0.2) is 57.8 Å². The van der Waals surface area contributed by atoms with Crippen LogP contribution >= 0.6 is 11.6 Å². The van der Waals surface area contributed by atoms with Crippen molar-refractivity contribution >= 4 is 29.0 Å². The van der Waals surface area contributed by atoms with Crippen LogP contribution < -0.4 is 16.4 Å². The number of likely N-dealkylation sites (tertiary alicyclic amines) is 1. The summed E-state index contributed by atoms with van der Waals surface area (Å²) in [6, 6.07) is 4.67. The number of aromatic nitrogens is 2. The van der Waals surface area contributed by atoms with E-state index in [1.807, 2.05) is 0 Å². The molecule has 0 saturated carbocycles. The number of nitrogens with one attached hydrogen (secondary N) is 2. The molecule has 0 spiro atoms. The van der Waals surface area contributed by atoms with Gasteiger partial charge in [-0.05, 0) is 31.0 Å². The zero-order valence-electron chi connectivity index (χ0n) is 16.4. The highest BCUT2D eigenvalue weighted by Crippen LogP contribution is 2.30. The number of hydrogen-bond acceptors (Lipinski definition) is 7. The van der Waals surface area contributed by atoms with Crippen LogP contribution in [0.2, 0.25) is 5.02 Å². The molecule has 0 bridgehead atoms. The minimum Gasteiger partial charge on any atom is -0.382 e. The monoisotopic (exact) mass is 458 g/mol. The third-order valence-electron chi connectivity index (χ3n) is 5.00. The van der Waals surface area contributed by atoms with Crippen LogP contribution in [0.25, 0.3) is 0 Å². The van der Waals surface area contributed by atoms with Gasteiger partial charge in [-0.25, -0.2) is 9.97 Å². The highest BCUT2D eigenvalue weighted by Gasteiger charge is 2.30. The maximum absolute atomic E-state index is 12.8. The number of nitrogen functional groups attached to an aromatic ring is 1. The number of aliphatic hydroxyl groups excluding tert-OH is 1. The summed E-state index contributed by atoms with van der Waals surface area (Å²) >= 11 is 5.97. The largest absolute Gasteiger partial charge is 0.416 e. The maximum Gasteiger partial charge on any atom is 0.416 e. The second kappa shape index (κ2) is 9.67. The smallest absolute Gasteiger partial charge is 0.382 e. The van der Waals surface area contributed by atoms with Gasteiger partial charge in [0, 0.05) is 24.8 Å². The summed E-state index contributed by atoms with van der Waals surface area (Å²) < 4.78 is 38.4. The molecule has 1 fully saturated rings. The molecular weight excluding hydrogens is 437 g/mol.